The van der Waals surface area contributed by atoms with Gasteiger partial charge in [0.15, 0.2) is 5.17 Å². The fourth-order valence-electron chi connectivity index (χ4n) is 3.14. The number of amides is 1. The van der Waals surface area contributed by atoms with Crippen LogP contribution in [0.3, 0.4) is 0 Å². The molecule has 3 rings (SSSR count). The zero-order valence-corrected chi connectivity index (χ0v) is 18.4. The lowest BCUT2D eigenvalue weighted by atomic mass is 10.1. The van der Waals surface area contributed by atoms with E-state index in [-0.39, 0.29) is 11.2 Å². The molecule has 0 radical (unpaired) electrons. The number of hydrogen-bond donors (Lipinski definition) is 0. The van der Waals surface area contributed by atoms with E-state index in [4.69, 9.17) is 9.47 Å². The number of benzene rings is 2. The van der Waals surface area contributed by atoms with Crippen LogP contribution in [0.15, 0.2) is 58.7 Å². The van der Waals surface area contributed by atoms with E-state index in [9.17, 15) is 4.79 Å². The number of rotatable bonds is 9. The third-order valence-corrected chi connectivity index (χ3v) is 6.04. The van der Waals surface area contributed by atoms with Gasteiger partial charge in [0.1, 0.15) is 11.5 Å². The van der Waals surface area contributed by atoms with Gasteiger partial charge in [-0.1, -0.05) is 61.9 Å². The molecule has 1 aliphatic rings. The molecule has 1 atom stereocenters. The van der Waals surface area contributed by atoms with Crippen molar-refractivity contribution in [2.45, 2.75) is 38.0 Å². The molecule has 1 saturated heterocycles. The summed E-state index contributed by atoms with van der Waals surface area (Å²) in [4.78, 5) is 14.7. The average Bonchev–Trinajstić information content (AvgIpc) is 3.07. The summed E-state index contributed by atoms with van der Waals surface area (Å²) < 4.78 is 10.6. The summed E-state index contributed by atoms with van der Waals surface area (Å²) in [5.74, 6) is 1.46. The summed E-state index contributed by atoms with van der Waals surface area (Å²) in [5, 5.41) is 9.18. The van der Waals surface area contributed by atoms with E-state index < -0.39 is 0 Å². The number of carbonyl (C=O) groups is 1. The van der Waals surface area contributed by atoms with Gasteiger partial charge in [-0.3, -0.25) is 9.69 Å². The standard InChI is InChI=1S/C23H27N3O3S/c1-4-5-11-21-22(27)26(16-17-9-7-6-8-10-17)23(30-21)25-24-15-18-12-13-19(28-2)14-20(18)29-3/h6-10,12-15,21H,4-5,11,16H2,1-3H3/b24-15-,25-23+/t21-/m1/s1. The number of unbranched alkanes of at least 4 members (excludes halogenated alkanes) is 1. The van der Waals surface area contributed by atoms with Crippen LogP contribution in [-0.2, 0) is 11.3 Å². The van der Waals surface area contributed by atoms with Crippen LogP contribution in [0.4, 0.5) is 0 Å². The molecule has 0 bridgehead atoms. The SMILES string of the molecule is CCCC[C@H]1S/C(=N/N=C\c2ccc(OC)cc2OC)N(Cc2ccccc2)C1=O. The Hall–Kier alpha value is -2.80. The Morgan fingerprint density at radius 3 is 2.63 bits per heavy atom. The maximum atomic E-state index is 13.0. The highest BCUT2D eigenvalue weighted by atomic mass is 32.2. The molecule has 2 aromatic rings. The van der Waals surface area contributed by atoms with E-state index in [1.54, 1.807) is 31.4 Å². The van der Waals surface area contributed by atoms with Gasteiger partial charge in [0, 0.05) is 11.6 Å². The highest BCUT2D eigenvalue weighted by Crippen LogP contribution is 2.32. The minimum Gasteiger partial charge on any atom is -0.497 e. The lowest BCUT2D eigenvalue weighted by molar-refractivity contribution is -0.126. The normalized spacial score (nSPS) is 17.8. The molecular weight excluding hydrogens is 398 g/mol. The zero-order valence-electron chi connectivity index (χ0n) is 17.6. The third kappa shape index (κ3) is 5.42. The van der Waals surface area contributed by atoms with Gasteiger partial charge in [-0.2, -0.15) is 5.10 Å². The Bertz CT molecular complexity index is 915. The Morgan fingerprint density at radius 2 is 1.93 bits per heavy atom. The smallest absolute Gasteiger partial charge is 0.242 e. The molecule has 6 nitrogen and oxygen atoms in total. The van der Waals surface area contributed by atoms with Crippen LogP contribution in [0.25, 0.3) is 0 Å². The molecular formula is C23H27N3O3S. The van der Waals surface area contributed by atoms with Gasteiger partial charge < -0.3 is 9.47 Å². The van der Waals surface area contributed by atoms with Crippen LogP contribution in [0, 0.1) is 0 Å². The molecule has 30 heavy (non-hydrogen) atoms. The van der Waals surface area contributed by atoms with E-state index in [0.717, 1.165) is 30.4 Å². The van der Waals surface area contributed by atoms with Gasteiger partial charge in [-0.25, -0.2) is 0 Å². The number of methoxy groups -OCH3 is 2. The molecule has 158 valence electrons. The maximum Gasteiger partial charge on any atom is 0.242 e. The monoisotopic (exact) mass is 425 g/mol. The highest BCUT2D eigenvalue weighted by Gasteiger charge is 2.37. The minimum absolute atomic E-state index is 0.0989. The summed E-state index contributed by atoms with van der Waals surface area (Å²) in [7, 11) is 3.21. The molecule has 7 heteroatoms. The first kappa shape index (κ1) is 21.9. The van der Waals surface area contributed by atoms with Crippen LogP contribution >= 0.6 is 11.8 Å². The molecule has 0 spiro atoms. The molecule has 1 fully saturated rings. The third-order valence-electron chi connectivity index (χ3n) is 4.80. The fourth-order valence-corrected chi connectivity index (χ4v) is 4.28. The summed E-state index contributed by atoms with van der Waals surface area (Å²) >= 11 is 1.50. The van der Waals surface area contributed by atoms with Gasteiger partial charge in [-0.05, 0) is 24.1 Å². The zero-order chi connectivity index (χ0) is 21.3. The van der Waals surface area contributed by atoms with E-state index in [1.807, 2.05) is 42.5 Å². The van der Waals surface area contributed by atoms with Crippen molar-refractivity contribution in [3.05, 3.63) is 59.7 Å². The fraction of sp³-hybridized carbons (Fsp3) is 0.348. The second-order valence-corrected chi connectivity index (χ2v) is 8.06. The molecule has 1 heterocycles. The molecule has 0 saturated carbocycles. The van der Waals surface area contributed by atoms with Crippen LogP contribution in [0.2, 0.25) is 0 Å². The lowest BCUT2D eigenvalue weighted by Crippen LogP contribution is -2.31. The Balaban J connectivity index is 1.82. The summed E-state index contributed by atoms with van der Waals surface area (Å²) in [5.41, 5.74) is 1.85. The molecule has 1 aliphatic heterocycles. The van der Waals surface area contributed by atoms with Crippen molar-refractivity contribution in [1.82, 2.24) is 4.90 Å². The Kier molecular flexibility index (Phi) is 7.90. The molecule has 1 amide bonds. The first-order chi connectivity index (χ1) is 14.7. The van der Waals surface area contributed by atoms with Crippen LogP contribution in [0.5, 0.6) is 11.5 Å². The summed E-state index contributed by atoms with van der Waals surface area (Å²) in [6.45, 7) is 2.63. The first-order valence-electron chi connectivity index (χ1n) is 10.0. The Labute approximate surface area is 182 Å². The highest BCUT2D eigenvalue weighted by molar-refractivity contribution is 8.15. The second-order valence-electron chi connectivity index (χ2n) is 6.89. The van der Waals surface area contributed by atoms with Gasteiger partial charge in [0.25, 0.3) is 0 Å². The predicted molar refractivity (Wildman–Crippen MR) is 122 cm³/mol. The van der Waals surface area contributed by atoms with Crippen LogP contribution in [0.1, 0.15) is 37.3 Å². The number of thioether (sulfide) groups is 1. The number of hydrogen-bond acceptors (Lipinski definition) is 6. The maximum absolute atomic E-state index is 13.0. The predicted octanol–water partition coefficient (Wildman–Crippen LogP) is 4.73. The van der Waals surface area contributed by atoms with E-state index >= 15 is 0 Å². The molecule has 0 aromatic heterocycles. The van der Waals surface area contributed by atoms with Crippen molar-refractivity contribution in [3.8, 4) is 11.5 Å². The largest absolute Gasteiger partial charge is 0.497 e. The van der Waals surface area contributed by atoms with Gasteiger partial charge in [0.05, 0.1) is 32.2 Å². The Morgan fingerprint density at radius 1 is 1.13 bits per heavy atom. The number of ether oxygens (including phenoxy) is 2. The van der Waals surface area contributed by atoms with Crippen molar-refractivity contribution >= 4 is 29.1 Å². The van der Waals surface area contributed by atoms with E-state index in [2.05, 4.69) is 17.1 Å². The van der Waals surface area contributed by atoms with Gasteiger partial charge >= 0.3 is 0 Å². The first-order valence-corrected chi connectivity index (χ1v) is 10.9. The van der Waals surface area contributed by atoms with Crippen LogP contribution in [-0.4, -0.2) is 41.7 Å². The molecule has 0 aliphatic carbocycles. The minimum atomic E-state index is -0.0989. The average molecular weight is 426 g/mol. The number of nitrogens with zero attached hydrogens (tertiary/aromatic N) is 3. The van der Waals surface area contributed by atoms with Crippen LogP contribution < -0.4 is 9.47 Å². The molecule has 0 N–H and O–H groups in total. The lowest BCUT2D eigenvalue weighted by Gasteiger charge is -2.15. The van der Waals surface area contributed by atoms with Gasteiger partial charge in [0.2, 0.25) is 5.91 Å². The van der Waals surface area contributed by atoms with E-state index in [0.29, 0.717) is 23.2 Å². The number of carbonyl (C=O) groups excluding carboxylic acids is 1. The van der Waals surface area contributed by atoms with Gasteiger partial charge in [-0.15, -0.1) is 5.10 Å². The topological polar surface area (TPSA) is 63.5 Å². The van der Waals surface area contributed by atoms with Crippen molar-refractivity contribution in [1.29, 1.82) is 0 Å². The number of amidine groups is 1. The van der Waals surface area contributed by atoms with Crippen molar-refractivity contribution in [3.63, 3.8) is 0 Å². The quantitative estimate of drug-likeness (QED) is 0.430. The summed E-state index contributed by atoms with van der Waals surface area (Å²) in [6, 6.07) is 15.4. The second kappa shape index (κ2) is 10.8. The molecule has 2 aromatic carbocycles. The van der Waals surface area contributed by atoms with Crippen molar-refractivity contribution < 1.29 is 14.3 Å². The van der Waals surface area contributed by atoms with Crippen molar-refractivity contribution in [2.75, 3.05) is 14.2 Å². The van der Waals surface area contributed by atoms with Crippen molar-refractivity contribution in [2.24, 2.45) is 10.2 Å². The molecule has 0 unspecified atom stereocenters. The van der Waals surface area contributed by atoms with E-state index in [1.165, 1.54) is 11.8 Å². The summed E-state index contributed by atoms with van der Waals surface area (Å²) in [6.07, 6.45) is 4.56.